The van der Waals surface area contributed by atoms with Gasteiger partial charge < -0.3 is 9.15 Å². The van der Waals surface area contributed by atoms with E-state index in [4.69, 9.17) is 9.15 Å². The van der Waals surface area contributed by atoms with Gasteiger partial charge in [-0.05, 0) is 24.6 Å². The van der Waals surface area contributed by atoms with Crippen molar-refractivity contribution in [2.24, 2.45) is 0 Å². The van der Waals surface area contributed by atoms with Crippen molar-refractivity contribution in [2.45, 2.75) is 19.4 Å². The molecule has 0 radical (unpaired) electrons. The molecule has 2 aromatic carbocycles. The maximum absolute atomic E-state index is 12.0. The molecule has 132 valence electrons. The Hall–Kier alpha value is -3.55. The smallest absolute Gasteiger partial charge is 0.311 e. The summed E-state index contributed by atoms with van der Waals surface area (Å²) in [6.07, 6.45) is -0.556. The minimum Gasteiger partial charge on any atom is -0.452 e. The van der Waals surface area contributed by atoms with Gasteiger partial charge in [-0.25, -0.2) is 0 Å². The van der Waals surface area contributed by atoms with Gasteiger partial charge in [0.25, 0.3) is 11.6 Å². The molecule has 0 amide bonds. The largest absolute Gasteiger partial charge is 0.452 e. The lowest BCUT2D eigenvalue weighted by Crippen LogP contribution is -2.11. The quantitative estimate of drug-likeness (QED) is 0.379. The number of nitrogens with zero attached hydrogens (tertiary/aromatic N) is 3. The number of nitro benzene ring substituents is 1. The number of carbonyl (C=O) groups excluding carboxylic acids is 1. The molecule has 1 aromatic heterocycles. The molecule has 3 aromatic rings. The minimum absolute atomic E-state index is 0.0308. The fourth-order valence-electron chi connectivity index (χ4n) is 2.29. The van der Waals surface area contributed by atoms with Gasteiger partial charge in [0.05, 0.1) is 11.3 Å². The van der Waals surface area contributed by atoms with Gasteiger partial charge in [-0.2, -0.15) is 0 Å². The number of nitro groups is 1. The van der Waals surface area contributed by atoms with E-state index in [-0.39, 0.29) is 23.9 Å². The van der Waals surface area contributed by atoms with Gasteiger partial charge >= 0.3 is 5.97 Å². The number of carbonyl (C=O) groups is 1. The second-order valence-corrected chi connectivity index (χ2v) is 5.54. The molecule has 0 aliphatic rings. The molecule has 0 spiro atoms. The molecule has 0 N–H and O–H groups in total. The van der Waals surface area contributed by atoms with Gasteiger partial charge in [0, 0.05) is 17.7 Å². The third kappa shape index (κ3) is 4.10. The van der Waals surface area contributed by atoms with Crippen LogP contribution in [0.2, 0.25) is 0 Å². The summed E-state index contributed by atoms with van der Waals surface area (Å²) in [5, 5.41) is 18.5. The molecule has 0 aliphatic carbocycles. The van der Waals surface area contributed by atoms with E-state index in [1.165, 1.54) is 24.3 Å². The Morgan fingerprint density at radius 2 is 1.85 bits per heavy atom. The zero-order valence-corrected chi connectivity index (χ0v) is 13.9. The molecule has 3 rings (SSSR count). The third-order valence-electron chi connectivity index (χ3n) is 3.61. The van der Waals surface area contributed by atoms with Crippen LogP contribution in [0.4, 0.5) is 5.69 Å². The number of aromatic nitrogens is 2. The second-order valence-electron chi connectivity index (χ2n) is 5.54. The summed E-state index contributed by atoms with van der Waals surface area (Å²) < 4.78 is 10.8. The first-order valence-electron chi connectivity index (χ1n) is 7.84. The molecule has 8 heteroatoms. The third-order valence-corrected chi connectivity index (χ3v) is 3.61. The van der Waals surface area contributed by atoms with Crippen LogP contribution in [0.15, 0.2) is 59.0 Å². The fourth-order valence-corrected chi connectivity index (χ4v) is 2.29. The van der Waals surface area contributed by atoms with E-state index in [9.17, 15) is 14.9 Å². The Bertz CT molecular complexity index is 906. The maximum Gasteiger partial charge on any atom is 0.311 e. The SMILES string of the molecule is CC(OC(=O)Cc1ccccc1)c1nnc(-c2ccc([N+](=O)[O-])cc2)o1. The van der Waals surface area contributed by atoms with E-state index < -0.39 is 17.0 Å². The molecule has 0 saturated carbocycles. The van der Waals surface area contributed by atoms with Crippen molar-refractivity contribution in [1.82, 2.24) is 10.2 Å². The minimum atomic E-state index is -0.703. The number of hydrogen-bond acceptors (Lipinski definition) is 7. The molecular weight excluding hydrogens is 338 g/mol. The molecule has 0 saturated heterocycles. The monoisotopic (exact) mass is 353 g/mol. The van der Waals surface area contributed by atoms with Gasteiger partial charge in [-0.15, -0.1) is 10.2 Å². The molecule has 26 heavy (non-hydrogen) atoms. The van der Waals surface area contributed by atoms with Crippen LogP contribution < -0.4 is 0 Å². The molecule has 0 aliphatic heterocycles. The molecule has 1 heterocycles. The average Bonchev–Trinajstić information content (AvgIpc) is 3.13. The van der Waals surface area contributed by atoms with Crippen molar-refractivity contribution in [3.8, 4) is 11.5 Å². The van der Waals surface area contributed by atoms with Gasteiger partial charge in [0.15, 0.2) is 6.10 Å². The summed E-state index contributed by atoms with van der Waals surface area (Å²) in [6, 6.07) is 15.0. The van der Waals surface area contributed by atoms with E-state index >= 15 is 0 Å². The summed E-state index contributed by atoms with van der Waals surface area (Å²) >= 11 is 0. The Morgan fingerprint density at radius 3 is 2.50 bits per heavy atom. The first-order chi connectivity index (χ1) is 12.5. The lowest BCUT2D eigenvalue weighted by Gasteiger charge is -2.09. The first-order valence-corrected chi connectivity index (χ1v) is 7.84. The number of benzene rings is 2. The molecule has 0 fully saturated rings. The lowest BCUT2D eigenvalue weighted by atomic mass is 10.1. The zero-order chi connectivity index (χ0) is 18.5. The van der Waals surface area contributed by atoms with Crippen molar-refractivity contribution in [1.29, 1.82) is 0 Å². The van der Waals surface area contributed by atoms with Crippen LogP contribution in [0, 0.1) is 10.1 Å². The van der Waals surface area contributed by atoms with Crippen LogP contribution in [-0.4, -0.2) is 21.1 Å². The first kappa shape index (κ1) is 17.3. The summed E-state index contributed by atoms with van der Waals surface area (Å²) in [4.78, 5) is 22.2. The second kappa shape index (κ2) is 7.56. The Morgan fingerprint density at radius 1 is 1.15 bits per heavy atom. The molecule has 0 bridgehead atoms. The normalized spacial score (nSPS) is 11.7. The van der Waals surface area contributed by atoms with Crippen LogP contribution in [0.5, 0.6) is 0 Å². The summed E-state index contributed by atoms with van der Waals surface area (Å²) in [5.74, 6) is -0.0561. The summed E-state index contributed by atoms with van der Waals surface area (Å²) in [7, 11) is 0. The van der Waals surface area contributed by atoms with E-state index in [0.717, 1.165) is 5.56 Å². The van der Waals surface area contributed by atoms with Crippen molar-refractivity contribution in [3.05, 3.63) is 76.2 Å². The highest BCUT2D eigenvalue weighted by molar-refractivity contribution is 5.72. The van der Waals surface area contributed by atoms with E-state index in [1.54, 1.807) is 6.92 Å². The predicted octanol–water partition coefficient (Wildman–Crippen LogP) is 3.49. The lowest BCUT2D eigenvalue weighted by molar-refractivity contribution is -0.384. The maximum atomic E-state index is 12.0. The van der Waals surface area contributed by atoms with E-state index in [2.05, 4.69) is 10.2 Å². The van der Waals surface area contributed by atoms with Crippen LogP contribution in [0.1, 0.15) is 24.5 Å². The highest BCUT2D eigenvalue weighted by atomic mass is 16.6. The zero-order valence-electron chi connectivity index (χ0n) is 13.9. The van der Waals surface area contributed by atoms with Gasteiger partial charge in [0.2, 0.25) is 5.89 Å². The van der Waals surface area contributed by atoms with Crippen molar-refractivity contribution in [3.63, 3.8) is 0 Å². The topological polar surface area (TPSA) is 108 Å². The van der Waals surface area contributed by atoms with Crippen LogP contribution in [-0.2, 0) is 16.0 Å². The van der Waals surface area contributed by atoms with E-state index in [0.29, 0.717) is 5.56 Å². The van der Waals surface area contributed by atoms with Crippen LogP contribution >= 0.6 is 0 Å². The van der Waals surface area contributed by atoms with Crippen molar-refractivity contribution in [2.75, 3.05) is 0 Å². The fraction of sp³-hybridized carbons (Fsp3) is 0.167. The molecule has 1 unspecified atom stereocenters. The summed E-state index contributed by atoms with van der Waals surface area (Å²) in [6.45, 7) is 1.63. The molecule has 1 atom stereocenters. The molecular formula is C18H15N3O5. The van der Waals surface area contributed by atoms with Crippen molar-refractivity contribution >= 4 is 11.7 Å². The van der Waals surface area contributed by atoms with Crippen LogP contribution in [0.25, 0.3) is 11.5 Å². The molecule has 8 nitrogen and oxygen atoms in total. The predicted molar refractivity (Wildman–Crippen MR) is 91.0 cm³/mol. The number of rotatable bonds is 6. The Kier molecular flexibility index (Phi) is 5.02. The van der Waals surface area contributed by atoms with E-state index in [1.807, 2.05) is 30.3 Å². The van der Waals surface area contributed by atoms with Gasteiger partial charge in [-0.1, -0.05) is 30.3 Å². The average molecular weight is 353 g/mol. The Balaban J connectivity index is 1.65. The highest BCUT2D eigenvalue weighted by Crippen LogP contribution is 2.24. The number of ether oxygens (including phenoxy) is 1. The number of non-ortho nitro benzene ring substituents is 1. The number of esters is 1. The Labute approximate surface area is 148 Å². The highest BCUT2D eigenvalue weighted by Gasteiger charge is 2.19. The van der Waals surface area contributed by atoms with Crippen LogP contribution in [0.3, 0.4) is 0 Å². The van der Waals surface area contributed by atoms with Crippen molar-refractivity contribution < 1.29 is 18.9 Å². The number of hydrogen-bond donors (Lipinski definition) is 0. The standard InChI is InChI=1S/C18H15N3O5/c1-12(25-16(22)11-13-5-3-2-4-6-13)17-19-20-18(26-17)14-7-9-15(10-8-14)21(23)24/h2-10,12H,11H2,1H3. The summed E-state index contributed by atoms with van der Waals surface area (Å²) in [5.41, 5.74) is 1.36. The van der Waals surface area contributed by atoms with Gasteiger partial charge in [-0.3, -0.25) is 14.9 Å². The van der Waals surface area contributed by atoms with Gasteiger partial charge in [0.1, 0.15) is 0 Å².